The standard InChI is InChI=1S/C15H13.2C10H13.C5H5.CH2.Hf/c1-10-3-5-14-12(7-10)9-13-8-11(2)4-6-15(13)14;1-10(2,3)9-7-5-4-6-8-9;1-2-3-7-10-8-5-4-6-9-10;1-2-4-5-3-1;;/h3-9H,1-2H3;5-8H,1-3H3;5-6,8-9H,2-3,7H2,1H3;1-3H,4H2;1H2;. The zero-order valence-corrected chi connectivity index (χ0v) is 30.0. The van der Waals surface area contributed by atoms with Crippen LogP contribution in [-0.4, -0.2) is 4.26 Å². The number of hydrogen-bond donors (Lipinski definition) is 0. The Morgan fingerprint density at radius 1 is 0.762 bits per heavy atom. The van der Waals surface area contributed by atoms with Crippen LogP contribution in [0.4, 0.5) is 0 Å². The molecular formula is C41H46Hf. The van der Waals surface area contributed by atoms with Gasteiger partial charge in [0, 0.05) is 0 Å². The van der Waals surface area contributed by atoms with Gasteiger partial charge < -0.3 is 0 Å². The summed E-state index contributed by atoms with van der Waals surface area (Å²) in [6.07, 6.45) is 11.7. The zero-order chi connectivity index (χ0) is 29.7. The van der Waals surface area contributed by atoms with Gasteiger partial charge in [-0.2, -0.15) is 0 Å². The van der Waals surface area contributed by atoms with E-state index in [0.29, 0.717) is 0 Å². The van der Waals surface area contributed by atoms with Crippen LogP contribution < -0.4 is 6.64 Å². The van der Waals surface area contributed by atoms with Crippen molar-refractivity contribution < 1.29 is 18.0 Å². The van der Waals surface area contributed by atoms with Crippen molar-refractivity contribution in [1.29, 1.82) is 0 Å². The molecule has 0 aliphatic heterocycles. The quantitative estimate of drug-likeness (QED) is 0.167. The molecule has 0 amide bonds. The molecule has 2 aliphatic rings. The van der Waals surface area contributed by atoms with Crippen LogP contribution in [0.2, 0.25) is 0 Å². The number of hydrogen-bond acceptors (Lipinski definition) is 0. The summed E-state index contributed by atoms with van der Waals surface area (Å²) in [5, 5.41) is 0. The second kappa shape index (κ2) is 10.7. The minimum absolute atomic E-state index is 0.0992. The summed E-state index contributed by atoms with van der Waals surface area (Å²) >= 11 is -4.88. The summed E-state index contributed by atoms with van der Waals surface area (Å²) in [5.41, 5.74) is 11.3. The molecule has 214 valence electrons. The third kappa shape index (κ3) is 4.46. The molecule has 42 heavy (non-hydrogen) atoms. The van der Waals surface area contributed by atoms with Crippen molar-refractivity contribution in [3.8, 4) is 11.1 Å². The topological polar surface area (TPSA) is 0 Å². The first-order valence-corrected chi connectivity index (χ1v) is 25.9. The molecule has 0 atom stereocenters. The van der Waals surface area contributed by atoms with Crippen LogP contribution in [0.5, 0.6) is 0 Å². The van der Waals surface area contributed by atoms with Crippen molar-refractivity contribution in [2.24, 2.45) is 0 Å². The van der Waals surface area contributed by atoms with Crippen LogP contribution >= 0.6 is 0 Å². The van der Waals surface area contributed by atoms with Crippen LogP contribution in [0.25, 0.3) is 11.1 Å². The first-order chi connectivity index (χ1) is 20.1. The van der Waals surface area contributed by atoms with Gasteiger partial charge in [0.1, 0.15) is 0 Å². The molecule has 0 spiro atoms. The molecule has 0 radical (unpaired) electrons. The van der Waals surface area contributed by atoms with Gasteiger partial charge in [-0.15, -0.1) is 0 Å². The number of allylic oxidation sites excluding steroid dienone is 4. The molecule has 2 aliphatic carbocycles. The molecule has 0 N–H and O–H groups in total. The molecule has 0 bridgehead atoms. The molecule has 0 saturated heterocycles. The molecule has 6 rings (SSSR count). The molecule has 0 fully saturated rings. The Hall–Kier alpha value is -2.90. The van der Waals surface area contributed by atoms with E-state index in [1.54, 1.807) is 3.33 Å². The predicted molar refractivity (Wildman–Crippen MR) is 182 cm³/mol. The van der Waals surface area contributed by atoms with Gasteiger partial charge in [0.2, 0.25) is 0 Å². The Kier molecular flexibility index (Phi) is 7.42. The van der Waals surface area contributed by atoms with Crippen LogP contribution in [-0.2, 0) is 29.9 Å². The summed E-state index contributed by atoms with van der Waals surface area (Å²) < 4.78 is 10.5. The normalized spacial score (nSPS) is 15.1. The average molecular weight is 717 g/mol. The molecule has 0 nitrogen and oxygen atoms in total. The number of rotatable bonds is 7. The van der Waals surface area contributed by atoms with E-state index in [9.17, 15) is 0 Å². The maximum atomic E-state index is 5.76. The van der Waals surface area contributed by atoms with Gasteiger partial charge in [0.15, 0.2) is 0 Å². The maximum absolute atomic E-state index is 5.76. The van der Waals surface area contributed by atoms with Crippen LogP contribution in [0.1, 0.15) is 84.0 Å². The Morgan fingerprint density at radius 3 is 1.79 bits per heavy atom. The first kappa shape index (κ1) is 29.2. The Bertz CT molecular complexity index is 1720. The van der Waals surface area contributed by atoms with Gasteiger partial charge in [0.05, 0.1) is 0 Å². The fraction of sp³-hybridized carbons (Fsp3) is 0.293. The first-order valence-electron chi connectivity index (χ1n) is 15.9. The SMILES string of the molecule is [CH2]=[Hf]([C]1=CC=CC1)([c]1ccc(CCCC)cc1)([c]1ccc(C(C)(C)C)cc1)[CH]1c2cc(C)ccc2-c2ccc(C)cc21. The number of fused-ring (bicyclic) bond motifs is 3. The number of unbranched alkanes of at least 4 members (excludes halogenated alkanes) is 1. The van der Waals surface area contributed by atoms with Gasteiger partial charge in [-0.1, -0.05) is 0 Å². The van der Waals surface area contributed by atoms with Gasteiger partial charge >= 0.3 is 256 Å². The van der Waals surface area contributed by atoms with E-state index >= 15 is 0 Å². The molecule has 0 saturated carbocycles. The van der Waals surface area contributed by atoms with E-state index < -0.39 is 18.0 Å². The fourth-order valence-electron chi connectivity index (χ4n) is 7.90. The van der Waals surface area contributed by atoms with Gasteiger partial charge in [-0.05, 0) is 0 Å². The van der Waals surface area contributed by atoms with Crippen LogP contribution in [0.3, 0.4) is 0 Å². The van der Waals surface area contributed by atoms with E-state index in [1.807, 2.05) is 0 Å². The molecule has 1 heteroatoms. The molecule has 4 aromatic carbocycles. The van der Waals surface area contributed by atoms with Gasteiger partial charge in [0.25, 0.3) is 0 Å². The van der Waals surface area contributed by atoms with E-state index in [0.717, 1.165) is 12.8 Å². The van der Waals surface area contributed by atoms with Crippen molar-refractivity contribution in [1.82, 2.24) is 0 Å². The second-order valence-corrected chi connectivity index (χ2v) is 33.7. The van der Waals surface area contributed by atoms with Crippen LogP contribution in [0.15, 0.2) is 106 Å². The molecule has 0 aromatic heterocycles. The fourth-order valence-corrected chi connectivity index (χ4v) is 32.6. The molecule has 0 unspecified atom stereocenters. The summed E-state index contributed by atoms with van der Waals surface area (Å²) in [7, 11) is 0. The monoisotopic (exact) mass is 718 g/mol. The van der Waals surface area contributed by atoms with Crippen molar-refractivity contribution >= 4 is 10.9 Å². The summed E-state index contributed by atoms with van der Waals surface area (Å²) in [6, 6.07) is 33.9. The zero-order valence-electron chi connectivity index (χ0n) is 26.4. The van der Waals surface area contributed by atoms with Crippen molar-refractivity contribution in [2.45, 2.75) is 76.3 Å². The molecule has 0 heterocycles. The van der Waals surface area contributed by atoms with E-state index in [1.165, 1.54) is 64.0 Å². The number of aryl methyl sites for hydroxylation is 3. The average Bonchev–Trinajstić information content (AvgIpc) is 3.63. The number of benzene rings is 4. The van der Waals surface area contributed by atoms with E-state index in [2.05, 4.69) is 145 Å². The minimum atomic E-state index is -4.88. The predicted octanol–water partition coefficient (Wildman–Crippen LogP) is 9.63. The Labute approximate surface area is 254 Å². The summed E-state index contributed by atoms with van der Waals surface area (Å²) in [5.74, 6) is 0. The van der Waals surface area contributed by atoms with E-state index in [-0.39, 0.29) is 9.09 Å². The van der Waals surface area contributed by atoms with Crippen molar-refractivity contribution in [3.63, 3.8) is 0 Å². The third-order valence-corrected chi connectivity index (χ3v) is 35.6. The van der Waals surface area contributed by atoms with Crippen molar-refractivity contribution in [3.05, 3.63) is 140 Å². The Morgan fingerprint density at radius 2 is 1.31 bits per heavy atom. The Balaban J connectivity index is 1.75. The summed E-state index contributed by atoms with van der Waals surface area (Å²) in [6.45, 7) is 13.7. The van der Waals surface area contributed by atoms with Gasteiger partial charge in [-0.3, -0.25) is 0 Å². The second-order valence-electron chi connectivity index (χ2n) is 14.1. The van der Waals surface area contributed by atoms with Crippen molar-refractivity contribution in [2.75, 3.05) is 0 Å². The molecular weight excluding hydrogens is 671 g/mol. The summed E-state index contributed by atoms with van der Waals surface area (Å²) in [4.78, 5) is 0. The molecule has 4 aromatic rings. The van der Waals surface area contributed by atoms with Gasteiger partial charge in [-0.25, -0.2) is 0 Å². The van der Waals surface area contributed by atoms with Crippen LogP contribution in [0, 0.1) is 13.8 Å². The third-order valence-electron chi connectivity index (χ3n) is 10.3. The van der Waals surface area contributed by atoms with E-state index in [4.69, 9.17) is 4.26 Å².